The highest BCUT2D eigenvalue weighted by molar-refractivity contribution is 5.99. The highest BCUT2D eigenvalue weighted by atomic mass is 16.5. The van der Waals surface area contributed by atoms with Gasteiger partial charge in [-0.1, -0.05) is 81.6 Å². The number of carbonyl (C=O) groups excluding carboxylic acids is 3. The normalized spacial score (nSPS) is 34.6. The molecule has 13 unspecified atom stereocenters. The van der Waals surface area contributed by atoms with E-state index in [9.17, 15) is 34.2 Å². The van der Waals surface area contributed by atoms with Gasteiger partial charge in [-0.05, 0) is 165 Å². The summed E-state index contributed by atoms with van der Waals surface area (Å²) in [7, 11) is 0. The van der Waals surface area contributed by atoms with E-state index in [4.69, 9.17) is 4.74 Å². The maximum Gasteiger partial charge on any atom is 0.338 e. The van der Waals surface area contributed by atoms with Gasteiger partial charge in [-0.25, -0.2) is 4.79 Å². The SMILES string of the molecule is CCC(CC)NC(=O)C1CC(C(=O)O)C(C(=O)Nc2cc(C(=O)OC3CCC4(C)C(CCC5C4CCC4(C)C(C(C)CCCC(C)C)CCC54)C3)cc(C(C)C)c2)C1CC(=O)O. The molecule has 0 radical (unpaired) electrons. The standard InChI is InChI=1S/C52H80N2O8/c1-10-35(11-2)53-47(57)40-27-41(49(59)60)46(39(40)28-45(55)56)48(58)54-36-24-32(30(5)6)23-33(25-36)50(61)62-37-19-21-51(8)34(26-37)15-16-38-43-18-17-42(31(7)14-12-13-29(3)4)52(43,9)22-20-44(38)51/h23-25,29-31,34-35,37-44,46H,10-22,26-28H2,1-9H3,(H,53,57)(H,54,58)(H,55,56)(H,59,60). The molecule has 10 nitrogen and oxygen atoms in total. The van der Waals surface area contributed by atoms with Crippen molar-refractivity contribution in [2.45, 2.75) is 183 Å². The molecule has 6 rings (SSSR count). The number of esters is 1. The molecule has 13 atom stereocenters. The largest absolute Gasteiger partial charge is 0.481 e. The topological polar surface area (TPSA) is 159 Å². The molecule has 0 spiro atoms. The summed E-state index contributed by atoms with van der Waals surface area (Å²) in [5.74, 6) is -3.20. The van der Waals surface area contributed by atoms with E-state index in [1.165, 1.54) is 57.8 Å². The van der Waals surface area contributed by atoms with Gasteiger partial charge < -0.3 is 25.6 Å². The molecule has 10 heteroatoms. The molecule has 62 heavy (non-hydrogen) atoms. The fraction of sp³-hybridized carbons (Fsp3) is 0.788. The summed E-state index contributed by atoms with van der Waals surface area (Å²) in [6, 6.07) is 5.02. The van der Waals surface area contributed by atoms with Crippen LogP contribution in [-0.2, 0) is 23.9 Å². The van der Waals surface area contributed by atoms with Crippen LogP contribution >= 0.6 is 0 Å². The van der Waals surface area contributed by atoms with E-state index in [2.05, 4.69) is 45.3 Å². The molecule has 5 aliphatic carbocycles. The summed E-state index contributed by atoms with van der Waals surface area (Å²) >= 11 is 0. The highest BCUT2D eigenvalue weighted by Crippen LogP contribution is 2.68. The molecule has 0 aliphatic heterocycles. The van der Waals surface area contributed by atoms with Crippen LogP contribution in [0.4, 0.5) is 5.69 Å². The van der Waals surface area contributed by atoms with Gasteiger partial charge in [0.05, 0.1) is 17.4 Å². The van der Waals surface area contributed by atoms with Gasteiger partial charge in [0.1, 0.15) is 6.10 Å². The fourth-order valence-electron chi connectivity index (χ4n) is 14.3. The van der Waals surface area contributed by atoms with Crippen LogP contribution in [0.5, 0.6) is 0 Å². The number of hydrogen-bond donors (Lipinski definition) is 4. The highest BCUT2D eigenvalue weighted by Gasteiger charge is 2.61. The second-order valence-electron chi connectivity index (χ2n) is 22.1. The van der Waals surface area contributed by atoms with Crippen LogP contribution in [0.25, 0.3) is 0 Å². The molecule has 2 amide bonds. The molecule has 5 saturated carbocycles. The van der Waals surface area contributed by atoms with Crippen molar-refractivity contribution in [2.75, 3.05) is 5.32 Å². The zero-order chi connectivity index (χ0) is 45.3. The smallest absolute Gasteiger partial charge is 0.338 e. The Morgan fingerprint density at radius 3 is 2.13 bits per heavy atom. The first kappa shape index (κ1) is 48.0. The number of ether oxygens (including phenoxy) is 1. The molecular formula is C52H80N2O8. The number of nitrogens with one attached hydrogen (secondary N) is 2. The Balaban J connectivity index is 1.13. The number of aliphatic carboxylic acids is 2. The van der Waals surface area contributed by atoms with E-state index in [1.54, 1.807) is 18.2 Å². The van der Waals surface area contributed by atoms with E-state index in [0.717, 1.165) is 60.3 Å². The van der Waals surface area contributed by atoms with Gasteiger partial charge >= 0.3 is 17.9 Å². The summed E-state index contributed by atoms with van der Waals surface area (Å²) in [6.07, 6.45) is 15.2. The summed E-state index contributed by atoms with van der Waals surface area (Å²) in [4.78, 5) is 66.3. The van der Waals surface area contributed by atoms with Crippen molar-refractivity contribution in [2.24, 2.45) is 75.9 Å². The van der Waals surface area contributed by atoms with Crippen LogP contribution < -0.4 is 10.6 Å². The van der Waals surface area contributed by atoms with Crippen LogP contribution in [0, 0.1) is 75.9 Å². The van der Waals surface area contributed by atoms with Gasteiger partial charge in [-0.2, -0.15) is 0 Å². The van der Waals surface area contributed by atoms with E-state index < -0.39 is 59.8 Å². The molecule has 0 heterocycles. The first-order chi connectivity index (χ1) is 29.3. The van der Waals surface area contributed by atoms with Crippen molar-refractivity contribution in [3.8, 4) is 0 Å². The summed E-state index contributed by atoms with van der Waals surface area (Å²) in [5, 5.41) is 25.9. The Morgan fingerprint density at radius 2 is 1.48 bits per heavy atom. The molecule has 4 N–H and O–H groups in total. The number of benzene rings is 1. The number of hydrogen-bond acceptors (Lipinski definition) is 6. The average Bonchev–Trinajstić information content (AvgIpc) is 3.77. The monoisotopic (exact) mass is 861 g/mol. The van der Waals surface area contributed by atoms with E-state index in [1.807, 2.05) is 27.7 Å². The lowest BCUT2D eigenvalue weighted by Crippen LogP contribution is -2.54. The fourth-order valence-corrected chi connectivity index (χ4v) is 14.3. The zero-order valence-electron chi connectivity index (χ0n) is 39.5. The minimum atomic E-state index is -1.26. The molecule has 0 aromatic heterocycles. The Morgan fingerprint density at radius 1 is 0.790 bits per heavy atom. The first-order valence-electron chi connectivity index (χ1n) is 24.7. The lowest BCUT2D eigenvalue weighted by atomic mass is 9.44. The summed E-state index contributed by atoms with van der Waals surface area (Å²) in [5.41, 5.74) is 2.14. The van der Waals surface area contributed by atoms with Crippen molar-refractivity contribution in [3.05, 3.63) is 29.3 Å². The molecular weight excluding hydrogens is 781 g/mol. The van der Waals surface area contributed by atoms with E-state index in [-0.39, 0.29) is 29.9 Å². The van der Waals surface area contributed by atoms with Crippen LogP contribution in [0.3, 0.4) is 0 Å². The maximum absolute atomic E-state index is 14.1. The maximum atomic E-state index is 14.1. The molecule has 5 fully saturated rings. The van der Waals surface area contributed by atoms with Crippen LogP contribution in [0.2, 0.25) is 0 Å². The van der Waals surface area contributed by atoms with Crippen LogP contribution in [-0.4, -0.2) is 52.1 Å². The van der Waals surface area contributed by atoms with Gasteiger partial charge in [0, 0.05) is 24.1 Å². The van der Waals surface area contributed by atoms with Crippen molar-refractivity contribution >= 4 is 35.4 Å². The second kappa shape index (κ2) is 19.8. The van der Waals surface area contributed by atoms with E-state index in [0.29, 0.717) is 35.4 Å². The third-order valence-corrected chi connectivity index (χ3v) is 17.8. The summed E-state index contributed by atoms with van der Waals surface area (Å²) < 4.78 is 6.34. The first-order valence-corrected chi connectivity index (χ1v) is 24.7. The predicted octanol–water partition coefficient (Wildman–Crippen LogP) is 11.1. The molecule has 1 aromatic carbocycles. The molecule has 0 bridgehead atoms. The van der Waals surface area contributed by atoms with Crippen LogP contribution in [0.15, 0.2) is 18.2 Å². The summed E-state index contributed by atoms with van der Waals surface area (Å²) in [6.45, 7) is 20.3. The van der Waals surface area contributed by atoms with Crippen molar-refractivity contribution < 1.29 is 38.9 Å². The van der Waals surface area contributed by atoms with Gasteiger partial charge in [-0.3, -0.25) is 19.2 Å². The number of amides is 2. The third kappa shape index (κ3) is 9.94. The van der Waals surface area contributed by atoms with Crippen molar-refractivity contribution in [1.82, 2.24) is 5.32 Å². The van der Waals surface area contributed by atoms with Gasteiger partial charge in [0.25, 0.3) is 0 Å². The van der Waals surface area contributed by atoms with E-state index >= 15 is 0 Å². The number of fused-ring (bicyclic) bond motifs is 5. The van der Waals surface area contributed by atoms with Gasteiger partial charge in [0.2, 0.25) is 11.8 Å². The lowest BCUT2D eigenvalue weighted by molar-refractivity contribution is -0.147. The number of carboxylic acids is 2. The van der Waals surface area contributed by atoms with Gasteiger partial charge in [-0.15, -0.1) is 0 Å². The molecule has 5 aliphatic rings. The number of rotatable bonds is 17. The number of anilines is 1. The molecule has 1 aromatic rings. The second-order valence-corrected chi connectivity index (χ2v) is 22.1. The Hall–Kier alpha value is -3.43. The van der Waals surface area contributed by atoms with Crippen molar-refractivity contribution in [1.29, 1.82) is 0 Å². The Labute approximate surface area is 372 Å². The zero-order valence-corrected chi connectivity index (χ0v) is 39.5. The lowest BCUT2D eigenvalue weighted by Gasteiger charge is -2.61. The molecule has 346 valence electrons. The minimum absolute atomic E-state index is 0.000666. The predicted molar refractivity (Wildman–Crippen MR) is 242 cm³/mol. The van der Waals surface area contributed by atoms with Crippen LogP contribution in [0.1, 0.15) is 187 Å². The Kier molecular flexibility index (Phi) is 15.3. The molecule has 0 saturated heterocycles. The average molecular weight is 861 g/mol. The third-order valence-electron chi connectivity index (χ3n) is 17.8. The Bertz CT molecular complexity index is 1790. The quantitative estimate of drug-likeness (QED) is 0.113. The minimum Gasteiger partial charge on any atom is -0.481 e. The number of carbonyl (C=O) groups is 5. The van der Waals surface area contributed by atoms with Crippen molar-refractivity contribution in [3.63, 3.8) is 0 Å². The number of carboxylic acid groups (broad SMARTS) is 2. The van der Waals surface area contributed by atoms with Gasteiger partial charge in [0.15, 0.2) is 0 Å².